The summed E-state index contributed by atoms with van der Waals surface area (Å²) in [5.74, 6) is 0. The molecule has 0 bridgehead atoms. The van der Waals surface area contributed by atoms with Gasteiger partial charge in [-0.15, -0.1) is 0 Å². The molecule has 0 spiro atoms. The SMILES string of the molecule is O=c1ncccn1[C@H]1CC[C@H](O)CC1. The molecular formula is C10H14N2O2. The Balaban J connectivity index is 2.16. The van der Waals surface area contributed by atoms with Crippen LogP contribution in [0, 0.1) is 0 Å². The number of aromatic nitrogens is 2. The first-order chi connectivity index (χ1) is 6.77. The lowest BCUT2D eigenvalue weighted by Gasteiger charge is -2.26. The second kappa shape index (κ2) is 3.92. The highest BCUT2D eigenvalue weighted by Crippen LogP contribution is 2.26. The first kappa shape index (κ1) is 9.40. The number of rotatable bonds is 1. The Hall–Kier alpha value is -1.16. The van der Waals surface area contributed by atoms with Crippen LogP contribution in [0.2, 0.25) is 0 Å². The third kappa shape index (κ3) is 1.85. The maximum Gasteiger partial charge on any atom is 0.347 e. The molecule has 4 heteroatoms. The van der Waals surface area contributed by atoms with E-state index >= 15 is 0 Å². The molecule has 0 unspecified atom stereocenters. The zero-order valence-electron chi connectivity index (χ0n) is 7.97. The predicted molar refractivity (Wildman–Crippen MR) is 52.0 cm³/mol. The maximum absolute atomic E-state index is 11.4. The summed E-state index contributed by atoms with van der Waals surface area (Å²) in [6.07, 6.45) is 6.41. The average molecular weight is 194 g/mol. The van der Waals surface area contributed by atoms with Crippen molar-refractivity contribution in [1.82, 2.24) is 9.55 Å². The standard InChI is InChI=1S/C10H14N2O2/c13-9-4-2-8(3-5-9)12-7-1-6-11-10(12)14/h1,6-9,13H,2-5H2/t8-,9-. The third-order valence-electron chi connectivity index (χ3n) is 2.80. The summed E-state index contributed by atoms with van der Waals surface area (Å²) in [5.41, 5.74) is -0.186. The lowest BCUT2D eigenvalue weighted by Crippen LogP contribution is -2.29. The van der Waals surface area contributed by atoms with Gasteiger partial charge in [-0.2, -0.15) is 0 Å². The molecular weight excluding hydrogens is 180 g/mol. The van der Waals surface area contributed by atoms with Gasteiger partial charge in [0.05, 0.1) is 6.10 Å². The second-order valence-corrected chi connectivity index (χ2v) is 3.77. The lowest BCUT2D eigenvalue weighted by atomic mass is 9.93. The number of hydrogen-bond acceptors (Lipinski definition) is 3. The van der Waals surface area contributed by atoms with Gasteiger partial charge >= 0.3 is 5.69 Å². The fourth-order valence-corrected chi connectivity index (χ4v) is 1.98. The molecule has 0 atom stereocenters. The van der Waals surface area contributed by atoms with E-state index in [1.165, 1.54) is 6.20 Å². The molecule has 0 aromatic carbocycles. The van der Waals surface area contributed by atoms with E-state index in [1.807, 2.05) is 0 Å². The molecule has 0 amide bonds. The Morgan fingerprint density at radius 2 is 2.07 bits per heavy atom. The van der Waals surface area contributed by atoms with Crippen molar-refractivity contribution in [3.8, 4) is 0 Å². The van der Waals surface area contributed by atoms with Crippen molar-refractivity contribution in [3.63, 3.8) is 0 Å². The number of hydrogen-bond donors (Lipinski definition) is 1. The van der Waals surface area contributed by atoms with Gasteiger partial charge in [0.15, 0.2) is 0 Å². The molecule has 1 fully saturated rings. The van der Waals surface area contributed by atoms with E-state index in [9.17, 15) is 9.90 Å². The first-order valence-electron chi connectivity index (χ1n) is 4.98. The van der Waals surface area contributed by atoms with E-state index in [-0.39, 0.29) is 17.8 Å². The van der Waals surface area contributed by atoms with E-state index in [2.05, 4.69) is 4.98 Å². The summed E-state index contributed by atoms with van der Waals surface area (Å²) in [7, 11) is 0. The van der Waals surface area contributed by atoms with Crippen LogP contribution >= 0.6 is 0 Å². The maximum atomic E-state index is 11.4. The van der Waals surface area contributed by atoms with E-state index in [1.54, 1.807) is 16.8 Å². The summed E-state index contributed by atoms with van der Waals surface area (Å²) >= 11 is 0. The molecule has 2 rings (SSSR count). The highest BCUT2D eigenvalue weighted by atomic mass is 16.3. The van der Waals surface area contributed by atoms with Gasteiger partial charge in [0, 0.05) is 18.4 Å². The van der Waals surface area contributed by atoms with Gasteiger partial charge < -0.3 is 5.11 Å². The van der Waals surface area contributed by atoms with Gasteiger partial charge in [-0.25, -0.2) is 9.78 Å². The summed E-state index contributed by atoms with van der Waals surface area (Å²) in [5, 5.41) is 9.34. The topological polar surface area (TPSA) is 55.1 Å². The minimum Gasteiger partial charge on any atom is -0.393 e. The third-order valence-corrected chi connectivity index (χ3v) is 2.80. The van der Waals surface area contributed by atoms with Crippen molar-refractivity contribution in [1.29, 1.82) is 0 Å². The average Bonchev–Trinajstić information content (AvgIpc) is 2.20. The summed E-state index contributed by atoms with van der Waals surface area (Å²) in [6.45, 7) is 0. The predicted octanol–water partition coefficient (Wildman–Crippen LogP) is 0.719. The van der Waals surface area contributed by atoms with Crippen molar-refractivity contribution >= 4 is 0 Å². The number of aliphatic hydroxyl groups is 1. The highest BCUT2D eigenvalue weighted by molar-refractivity contribution is 4.86. The Morgan fingerprint density at radius 3 is 2.71 bits per heavy atom. The Kier molecular flexibility index (Phi) is 2.63. The molecule has 1 saturated carbocycles. The molecule has 1 N–H and O–H groups in total. The van der Waals surface area contributed by atoms with Crippen LogP contribution in [0.3, 0.4) is 0 Å². The van der Waals surface area contributed by atoms with Crippen molar-refractivity contribution < 1.29 is 5.11 Å². The molecule has 0 radical (unpaired) electrons. The molecule has 0 aliphatic heterocycles. The van der Waals surface area contributed by atoms with Crippen LogP contribution in [0.5, 0.6) is 0 Å². The van der Waals surface area contributed by atoms with Crippen LogP contribution in [0.1, 0.15) is 31.7 Å². The fourth-order valence-electron chi connectivity index (χ4n) is 1.98. The second-order valence-electron chi connectivity index (χ2n) is 3.77. The minimum absolute atomic E-state index is 0.182. The molecule has 76 valence electrons. The number of nitrogens with zero attached hydrogens (tertiary/aromatic N) is 2. The number of aliphatic hydroxyl groups excluding tert-OH is 1. The van der Waals surface area contributed by atoms with E-state index in [4.69, 9.17) is 0 Å². The monoisotopic (exact) mass is 194 g/mol. The molecule has 1 aliphatic rings. The lowest BCUT2D eigenvalue weighted by molar-refractivity contribution is 0.109. The smallest absolute Gasteiger partial charge is 0.347 e. The van der Waals surface area contributed by atoms with Crippen LogP contribution < -0.4 is 5.69 Å². The van der Waals surface area contributed by atoms with Crippen LogP contribution in [0.15, 0.2) is 23.3 Å². The quantitative estimate of drug-likeness (QED) is 0.716. The minimum atomic E-state index is -0.186. The first-order valence-corrected chi connectivity index (χ1v) is 4.98. The zero-order chi connectivity index (χ0) is 9.97. The highest BCUT2D eigenvalue weighted by Gasteiger charge is 2.20. The van der Waals surface area contributed by atoms with Gasteiger partial charge in [0.25, 0.3) is 0 Å². The molecule has 1 aliphatic carbocycles. The summed E-state index contributed by atoms with van der Waals surface area (Å²) < 4.78 is 1.67. The fraction of sp³-hybridized carbons (Fsp3) is 0.600. The van der Waals surface area contributed by atoms with Crippen LogP contribution in [0.25, 0.3) is 0 Å². The van der Waals surface area contributed by atoms with Crippen LogP contribution in [-0.4, -0.2) is 20.8 Å². The van der Waals surface area contributed by atoms with Crippen LogP contribution in [0.4, 0.5) is 0 Å². The van der Waals surface area contributed by atoms with Gasteiger partial charge in [-0.05, 0) is 31.7 Å². The van der Waals surface area contributed by atoms with Crippen molar-refractivity contribution in [2.45, 2.75) is 37.8 Å². The van der Waals surface area contributed by atoms with Crippen molar-refractivity contribution in [2.75, 3.05) is 0 Å². The summed E-state index contributed by atoms with van der Waals surface area (Å²) in [4.78, 5) is 15.1. The van der Waals surface area contributed by atoms with Gasteiger partial charge in [0.1, 0.15) is 0 Å². The molecule has 4 nitrogen and oxygen atoms in total. The van der Waals surface area contributed by atoms with Crippen molar-refractivity contribution in [3.05, 3.63) is 28.9 Å². The van der Waals surface area contributed by atoms with Gasteiger partial charge in [-0.1, -0.05) is 0 Å². The van der Waals surface area contributed by atoms with E-state index in [0.717, 1.165) is 25.7 Å². The molecule has 0 saturated heterocycles. The van der Waals surface area contributed by atoms with Crippen molar-refractivity contribution in [2.24, 2.45) is 0 Å². The van der Waals surface area contributed by atoms with E-state index in [0.29, 0.717) is 0 Å². The Labute approximate surface area is 82.2 Å². The summed E-state index contributed by atoms with van der Waals surface area (Å²) in [6, 6.07) is 1.99. The molecule has 1 aromatic rings. The van der Waals surface area contributed by atoms with Crippen LogP contribution in [-0.2, 0) is 0 Å². The normalized spacial score (nSPS) is 27.5. The van der Waals surface area contributed by atoms with E-state index < -0.39 is 0 Å². The Morgan fingerprint density at radius 1 is 1.36 bits per heavy atom. The molecule has 1 aromatic heterocycles. The largest absolute Gasteiger partial charge is 0.393 e. The zero-order valence-corrected chi connectivity index (χ0v) is 7.97. The van der Waals surface area contributed by atoms with Gasteiger partial charge in [0.2, 0.25) is 0 Å². The molecule has 1 heterocycles. The Bertz CT molecular complexity index is 353. The van der Waals surface area contributed by atoms with Gasteiger partial charge in [-0.3, -0.25) is 4.57 Å². The molecule has 14 heavy (non-hydrogen) atoms.